The van der Waals surface area contributed by atoms with Crippen LogP contribution >= 0.6 is 11.3 Å². The van der Waals surface area contributed by atoms with E-state index in [1.165, 1.54) is 13.2 Å². The second kappa shape index (κ2) is 5.28. The van der Waals surface area contributed by atoms with E-state index < -0.39 is 16.0 Å². The number of aliphatic carboxylic acids is 1. The fourth-order valence-corrected chi connectivity index (χ4v) is 3.34. The molecule has 2 N–H and O–H groups in total. The second-order valence-corrected chi connectivity index (χ2v) is 5.70. The monoisotopic (exact) mass is 265 g/mol. The third kappa shape index (κ3) is 3.19. The van der Waals surface area contributed by atoms with Gasteiger partial charge in [0.25, 0.3) is 10.0 Å². The Labute approximate surface area is 96.9 Å². The van der Waals surface area contributed by atoms with E-state index in [1.807, 2.05) is 0 Å². The van der Waals surface area contributed by atoms with E-state index in [-0.39, 0.29) is 22.9 Å². The Bertz CT molecular complexity index is 465. The summed E-state index contributed by atoms with van der Waals surface area (Å²) in [6, 6.07) is 1.54. The molecule has 0 bridgehead atoms. The van der Waals surface area contributed by atoms with Crippen molar-refractivity contribution in [1.82, 2.24) is 4.72 Å². The van der Waals surface area contributed by atoms with Crippen molar-refractivity contribution in [3.63, 3.8) is 0 Å². The van der Waals surface area contributed by atoms with E-state index in [4.69, 9.17) is 9.84 Å². The molecule has 0 saturated carbocycles. The summed E-state index contributed by atoms with van der Waals surface area (Å²) in [5.41, 5.74) is 0. The summed E-state index contributed by atoms with van der Waals surface area (Å²) in [5, 5.41) is 9.97. The highest BCUT2D eigenvalue weighted by atomic mass is 32.2. The van der Waals surface area contributed by atoms with Crippen molar-refractivity contribution >= 4 is 27.3 Å². The van der Waals surface area contributed by atoms with Crippen molar-refractivity contribution in [2.75, 3.05) is 13.7 Å². The third-order valence-corrected chi connectivity index (χ3v) is 4.60. The second-order valence-electron chi connectivity index (χ2n) is 2.82. The summed E-state index contributed by atoms with van der Waals surface area (Å²) in [6.07, 6.45) is -0.257. The molecule has 0 spiro atoms. The number of sulfonamides is 1. The van der Waals surface area contributed by atoms with Gasteiger partial charge in [0.05, 0.1) is 13.5 Å². The average Bonchev–Trinajstić information content (AvgIpc) is 2.64. The van der Waals surface area contributed by atoms with Crippen LogP contribution in [0.1, 0.15) is 6.42 Å². The number of carbonyl (C=O) groups is 1. The average molecular weight is 265 g/mol. The van der Waals surface area contributed by atoms with Crippen LogP contribution in [0.25, 0.3) is 0 Å². The minimum absolute atomic E-state index is 0.0559. The lowest BCUT2D eigenvalue weighted by atomic mass is 10.5. The number of nitrogens with one attached hydrogen (secondary N) is 1. The van der Waals surface area contributed by atoms with Gasteiger partial charge in [-0.3, -0.25) is 4.79 Å². The molecule has 0 aliphatic rings. The number of carboxylic acids is 1. The zero-order chi connectivity index (χ0) is 12.2. The molecule has 1 rings (SSSR count). The first kappa shape index (κ1) is 12.9. The maximum Gasteiger partial charge on any atom is 0.304 e. The molecular weight excluding hydrogens is 254 g/mol. The minimum Gasteiger partial charge on any atom is -0.494 e. The Morgan fingerprint density at radius 3 is 2.88 bits per heavy atom. The van der Waals surface area contributed by atoms with Gasteiger partial charge in [0.1, 0.15) is 5.75 Å². The first-order valence-electron chi connectivity index (χ1n) is 4.30. The molecule has 0 atom stereocenters. The number of thiophene rings is 1. The van der Waals surface area contributed by atoms with Gasteiger partial charge in [-0.25, -0.2) is 13.1 Å². The first-order valence-corrected chi connectivity index (χ1v) is 6.66. The molecule has 0 aromatic carbocycles. The number of carboxylic acid groups (broad SMARTS) is 1. The zero-order valence-electron chi connectivity index (χ0n) is 8.47. The Kier molecular flexibility index (Phi) is 4.27. The van der Waals surface area contributed by atoms with Crippen molar-refractivity contribution in [2.45, 2.75) is 10.6 Å². The maximum atomic E-state index is 11.7. The van der Waals surface area contributed by atoms with Crippen LogP contribution in [0.5, 0.6) is 5.75 Å². The van der Waals surface area contributed by atoms with Crippen molar-refractivity contribution in [3.8, 4) is 5.75 Å². The molecule has 6 nitrogen and oxygen atoms in total. The molecule has 1 aromatic rings. The number of methoxy groups -OCH3 is 1. The predicted octanol–water partition coefficient (Wildman–Crippen LogP) is 0.510. The number of hydrogen-bond donors (Lipinski definition) is 2. The number of ether oxygens (including phenoxy) is 1. The van der Waals surface area contributed by atoms with Gasteiger partial charge >= 0.3 is 5.97 Å². The largest absolute Gasteiger partial charge is 0.494 e. The standard InChI is InChI=1S/C8H11NO5S2/c1-14-6-3-5-15-8(6)16(12,13)9-4-2-7(10)11/h3,5,9H,2,4H2,1H3,(H,10,11). The molecule has 0 radical (unpaired) electrons. The highest BCUT2D eigenvalue weighted by molar-refractivity contribution is 7.91. The summed E-state index contributed by atoms with van der Waals surface area (Å²) in [4.78, 5) is 10.2. The predicted molar refractivity (Wildman–Crippen MR) is 58.3 cm³/mol. The molecule has 1 aromatic heterocycles. The van der Waals surface area contributed by atoms with Gasteiger partial charge < -0.3 is 9.84 Å². The van der Waals surface area contributed by atoms with E-state index in [1.54, 1.807) is 5.38 Å². The molecule has 0 fully saturated rings. The molecule has 0 saturated heterocycles. The van der Waals surface area contributed by atoms with Gasteiger partial charge in [-0.1, -0.05) is 0 Å². The Morgan fingerprint density at radius 1 is 1.62 bits per heavy atom. The third-order valence-electron chi connectivity index (χ3n) is 1.69. The van der Waals surface area contributed by atoms with Crippen molar-refractivity contribution in [1.29, 1.82) is 0 Å². The fourth-order valence-electron chi connectivity index (χ4n) is 0.989. The van der Waals surface area contributed by atoms with Crippen LogP contribution in [0.15, 0.2) is 15.7 Å². The van der Waals surface area contributed by atoms with Crippen molar-refractivity contribution in [3.05, 3.63) is 11.4 Å². The van der Waals surface area contributed by atoms with Gasteiger partial charge in [-0.15, -0.1) is 11.3 Å². The highest BCUT2D eigenvalue weighted by Crippen LogP contribution is 2.28. The molecule has 0 unspecified atom stereocenters. The molecule has 1 heterocycles. The molecular formula is C8H11NO5S2. The lowest BCUT2D eigenvalue weighted by Crippen LogP contribution is -2.25. The van der Waals surface area contributed by atoms with E-state index in [9.17, 15) is 13.2 Å². The lowest BCUT2D eigenvalue weighted by Gasteiger charge is -2.05. The zero-order valence-corrected chi connectivity index (χ0v) is 10.1. The summed E-state index contributed by atoms with van der Waals surface area (Å²) >= 11 is 1.02. The molecule has 16 heavy (non-hydrogen) atoms. The van der Waals surface area contributed by atoms with Crippen LogP contribution in [0.3, 0.4) is 0 Å². The summed E-state index contributed by atoms with van der Waals surface area (Å²) in [5.74, 6) is -0.798. The summed E-state index contributed by atoms with van der Waals surface area (Å²) in [7, 11) is -2.30. The van der Waals surface area contributed by atoms with E-state index in [0.717, 1.165) is 11.3 Å². The summed E-state index contributed by atoms with van der Waals surface area (Å²) < 4.78 is 30.5. The quantitative estimate of drug-likeness (QED) is 0.781. The van der Waals surface area contributed by atoms with Gasteiger partial charge in [0.2, 0.25) is 0 Å². The van der Waals surface area contributed by atoms with Gasteiger partial charge in [-0.05, 0) is 11.4 Å². The SMILES string of the molecule is COc1ccsc1S(=O)(=O)NCCC(=O)O. The van der Waals surface area contributed by atoms with Crippen LogP contribution in [0.2, 0.25) is 0 Å². The minimum atomic E-state index is -3.68. The fraction of sp³-hybridized carbons (Fsp3) is 0.375. The normalized spacial score (nSPS) is 11.3. The van der Waals surface area contributed by atoms with Crippen LogP contribution in [-0.4, -0.2) is 33.1 Å². The smallest absolute Gasteiger partial charge is 0.304 e. The molecule has 0 aliphatic carbocycles. The Morgan fingerprint density at radius 2 is 2.31 bits per heavy atom. The molecule has 90 valence electrons. The maximum absolute atomic E-state index is 11.7. The Hall–Kier alpha value is -1.12. The van der Waals surface area contributed by atoms with Gasteiger partial charge in [-0.2, -0.15) is 0 Å². The van der Waals surface area contributed by atoms with E-state index >= 15 is 0 Å². The van der Waals surface area contributed by atoms with E-state index in [0.29, 0.717) is 0 Å². The molecule has 8 heteroatoms. The van der Waals surface area contributed by atoms with E-state index in [2.05, 4.69) is 4.72 Å². The summed E-state index contributed by atoms with van der Waals surface area (Å²) in [6.45, 7) is -0.140. The van der Waals surface area contributed by atoms with Crippen LogP contribution in [-0.2, 0) is 14.8 Å². The van der Waals surface area contributed by atoms with Crippen molar-refractivity contribution in [2.24, 2.45) is 0 Å². The van der Waals surface area contributed by atoms with Crippen molar-refractivity contribution < 1.29 is 23.1 Å². The van der Waals surface area contributed by atoms with Crippen LogP contribution < -0.4 is 9.46 Å². The number of rotatable bonds is 6. The number of hydrogen-bond acceptors (Lipinski definition) is 5. The van der Waals surface area contributed by atoms with Crippen LogP contribution in [0.4, 0.5) is 0 Å². The first-order chi connectivity index (χ1) is 7.47. The van der Waals surface area contributed by atoms with Gasteiger partial charge in [0, 0.05) is 6.54 Å². The Balaban J connectivity index is 2.74. The highest BCUT2D eigenvalue weighted by Gasteiger charge is 2.20. The van der Waals surface area contributed by atoms with Gasteiger partial charge in [0.15, 0.2) is 4.21 Å². The topological polar surface area (TPSA) is 92.7 Å². The molecule has 0 amide bonds. The molecule has 0 aliphatic heterocycles. The van der Waals surface area contributed by atoms with Crippen LogP contribution in [0, 0.1) is 0 Å². The lowest BCUT2D eigenvalue weighted by molar-refractivity contribution is -0.136.